The lowest BCUT2D eigenvalue weighted by atomic mass is 10.1. The molecule has 0 saturated carbocycles. The number of amides is 1. The number of thioether (sulfide) groups is 1. The SMILES string of the molecule is COc1ccc(N2C(=O)/C(=C\c3cccc(OCc4cccc5ccccc45)c3)SC2=S)cc1. The molecule has 0 unspecified atom stereocenters. The van der Waals surface area contributed by atoms with Crippen LogP contribution in [0, 0.1) is 0 Å². The van der Waals surface area contributed by atoms with E-state index in [4.69, 9.17) is 21.7 Å². The van der Waals surface area contributed by atoms with Crippen LogP contribution in [0.2, 0.25) is 0 Å². The van der Waals surface area contributed by atoms with E-state index in [0.29, 0.717) is 15.8 Å². The third-order valence-corrected chi connectivity index (χ3v) is 6.86. The molecule has 0 spiro atoms. The maximum absolute atomic E-state index is 13.1. The minimum atomic E-state index is -0.137. The van der Waals surface area contributed by atoms with Gasteiger partial charge >= 0.3 is 0 Å². The van der Waals surface area contributed by atoms with Crippen LogP contribution in [0.5, 0.6) is 11.5 Å². The van der Waals surface area contributed by atoms with Crippen molar-refractivity contribution in [3.05, 3.63) is 107 Å². The minimum absolute atomic E-state index is 0.137. The Hall–Kier alpha value is -3.61. The van der Waals surface area contributed by atoms with Gasteiger partial charge in [-0.15, -0.1) is 0 Å². The zero-order valence-corrected chi connectivity index (χ0v) is 20.1. The molecule has 0 aromatic heterocycles. The lowest BCUT2D eigenvalue weighted by Gasteiger charge is -2.14. The van der Waals surface area contributed by atoms with E-state index in [2.05, 4.69) is 24.3 Å². The molecule has 0 atom stereocenters. The summed E-state index contributed by atoms with van der Waals surface area (Å²) in [6.45, 7) is 0.463. The highest BCUT2D eigenvalue weighted by Crippen LogP contribution is 2.36. The van der Waals surface area contributed by atoms with Gasteiger partial charge in [0.1, 0.15) is 18.1 Å². The molecule has 0 aliphatic carbocycles. The van der Waals surface area contributed by atoms with Gasteiger partial charge < -0.3 is 9.47 Å². The van der Waals surface area contributed by atoms with Crippen LogP contribution in [-0.4, -0.2) is 17.3 Å². The lowest BCUT2D eigenvalue weighted by Crippen LogP contribution is -2.27. The molecule has 4 aromatic rings. The van der Waals surface area contributed by atoms with Crippen molar-refractivity contribution in [2.45, 2.75) is 6.61 Å². The van der Waals surface area contributed by atoms with Gasteiger partial charge in [-0.1, -0.05) is 78.6 Å². The molecule has 168 valence electrons. The monoisotopic (exact) mass is 483 g/mol. The molecule has 1 heterocycles. The number of thiocarbonyl (C=S) groups is 1. The van der Waals surface area contributed by atoms with Crippen LogP contribution in [0.25, 0.3) is 16.8 Å². The smallest absolute Gasteiger partial charge is 0.270 e. The van der Waals surface area contributed by atoms with Gasteiger partial charge in [0, 0.05) is 0 Å². The van der Waals surface area contributed by atoms with Gasteiger partial charge in [-0.25, -0.2) is 0 Å². The van der Waals surface area contributed by atoms with Crippen molar-refractivity contribution in [1.82, 2.24) is 0 Å². The molecule has 4 aromatic carbocycles. The molecule has 0 N–H and O–H groups in total. The van der Waals surface area contributed by atoms with Gasteiger partial charge in [-0.2, -0.15) is 0 Å². The largest absolute Gasteiger partial charge is 0.497 e. The van der Waals surface area contributed by atoms with E-state index < -0.39 is 0 Å². The van der Waals surface area contributed by atoms with Crippen molar-refractivity contribution in [3.8, 4) is 11.5 Å². The average molecular weight is 484 g/mol. The normalized spacial score (nSPS) is 14.7. The van der Waals surface area contributed by atoms with Crippen LogP contribution in [0.4, 0.5) is 5.69 Å². The number of hydrogen-bond donors (Lipinski definition) is 0. The summed E-state index contributed by atoms with van der Waals surface area (Å²) in [5.74, 6) is 1.33. The Labute approximate surface area is 207 Å². The predicted octanol–water partition coefficient (Wildman–Crippen LogP) is 6.83. The second kappa shape index (κ2) is 9.71. The van der Waals surface area contributed by atoms with Crippen molar-refractivity contribution >= 4 is 56.7 Å². The third kappa shape index (κ3) is 4.55. The van der Waals surface area contributed by atoms with E-state index >= 15 is 0 Å². The van der Waals surface area contributed by atoms with Crippen LogP contribution in [0.1, 0.15) is 11.1 Å². The second-order valence-corrected chi connectivity index (χ2v) is 9.39. The molecular weight excluding hydrogens is 462 g/mol. The molecule has 0 bridgehead atoms. The summed E-state index contributed by atoms with van der Waals surface area (Å²) in [5.41, 5.74) is 2.73. The van der Waals surface area contributed by atoms with Gasteiger partial charge in [-0.3, -0.25) is 9.69 Å². The van der Waals surface area contributed by atoms with Gasteiger partial charge in [0.05, 0.1) is 17.7 Å². The highest BCUT2D eigenvalue weighted by atomic mass is 32.2. The number of methoxy groups -OCH3 is 1. The first-order valence-corrected chi connectivity index (χ1v) is 12.0. The van der Waals surface area contributed by atoms with Crippen LogP contribution in [-0.2, 0) is 11.4 Å². The van der Waals surface area contributed by atoms with Crippen molar-refractivity contribution < 1.29 is 14.3 Å². The van der Waals surface area contributed by atoms with E-state index in [1.54, 1.807) is 12.0 Å². The standard InChI is InChI=1S/C28H21NO3S2/c1-31-23-14-12-22(13-15-23)29-27(30)26(34-28(29)33)17-19-6-4-10-24(16-19)32-18-21-9-5-8-20-7-2-3-11-25(20)21/h2-17H,18H2,1H3/b26-17+. The highest BCUT2D eigenvalue weighted by molar-refractivity contribution is 8.27. The molecule has 1 saturated heterocycles. The van der Waals surface area contributed by atoms with E-state index in [1.807, 2.05) is 72.8 Å². The molecule has 1 fully saturated rings. The summed E-state index contributed by atoms with van der Waals surface area (Å²) in [6.07, 6.45) is 1.85. The maximum Gasteiger partial charge on any atom is 0.270 e. The zero-order valence-electron chi connectivity index (χ0n) is 18.4. The van der Waals surface area contributed by atoms with Crippen molar-refractivity contribution in [3.63, 3.8) is 0 Å². The lowest BCUT2D eigenvalue weighted by molar-refractivity contribution is -0.113. The Morgan fingerprint density at radius 3 is 2.50 bits per heavy atom. The fourth-order valence-corrected chi connectivity index (χ4v) is 5.15. The minimum Gasteiger partial charge on any atom is -0.497 e. The summed E-state index contributed by atoms with van der Waals surface area (Å²) in [5, 5.41) is 2.37. The summed E-state index contributed by atoms with van der Waals surface area (Å²) < 4.78 is 11.8. The maximum atomic E-state index is 13.1. The number of anilines is 1. The van der Waals surface area contributed by atoms with E-state index in [-0.39, 0.29) is 5.91 Å². The van der Waals surface area contributed by atoms with E-state index in [0.717, 1.165) is 28.3 Å². The molecule has 0 radical (unpaired) electrons. The average Bonchev–Trinajstić information content (AvgIpc) is 3.15. The fourth-order valence-electron chi connectivity index (χ4n) is 3.85. The number of nitrogens with zero attached hydrogens (tertiary/aromatic N) is 1. The molecule has 34 heavy (non-hydrogen) atoms. The molecule has 1 aliphatic heterocycles. The number of fused-ring (bicyclic) bond motifs is 1. The third-order valence-electron chi connectivity index (χ3n) is 5.55. The number of carbonyl (C=O) groups excluding carboxylic acids is 1. The van der Waals surface area contributed by atoms with Crippen LogP contribution in [0.3, 0.4) is 0 Å². The fraction of sp³-hybridized carbons (Fsp3) is 0.0714. The van der Waals surface area contributed by atoms with Crippen molar-refractivity contribution in [2.75, 3.05) is 12.0 Å². The molecule has 5 rings (SSSR count). The van der Waals surface area contributed by atoms with Crippen molar-refractivity contribution in [1.29, 1.82) is 0 Å². The molecule has 6 heteroatoms. The zero-order chi connectivity index (χ0) is 23.5. The molecule has 4 nitrogen and oxygen atoms in total. The summed E-state index contributed by atoms with van der Waals surface area (Å²) >= 11 is 6.78. The van der Waals surface area contributed by atoms with Gasteiger partial charge in [0.15, 0.2) is 4.32 Å². The van der Waals surface area contributed by atoms with Crippen LogP contribution in [0.15, 0.2) is 95.9 Å². The Bertz CT molecular complexity index is 1410. The first kappa shape index (κ1) is 22.2. The molecule has 1 aliphatic rings. The van der Waals surface area contributed by atoms with Gasteiger partial charge in [0.25, 0.3) is 5.91 Å². The number of benzene rings is 4. The topological polar surface area (TPSA) is 38.8 Å². The molecule has 1 amide bonds. The quantitative estimate of drug-likeness (QED) is 0.222. The summed E-state index contributed by atoms with van der Waals surface area (Å²) in [7, 11) is 1.61. The predicted molar refractivity (Wildman–Crippen MR) is 143 cm³/mol. The van der Waals surface area contributed by atoms with E-state index in [9.17, 15) is 4.79 Å². The highest BCUT2D eigenvalue weighted by Gasteiger charge is 2.33. The second-order valence-electron chi connectivity index (χ2n) is 7.71. The first-order chi connectivity index (χ1) is 16.6. The number of carbonyl (C=O) groups is 1. The first-order valence-electron chi connectivity index (χ1n) is 10.7. The van der Waals surface area contributed by atoms with Gasteiger partial charge in [0.2, 0.25) is 0 Å². The van der Waals surface area contributed by atoms with Crippen LogP contribution >= 0.6 is 24.0 Å². The van der Waals surface area contributed by atoms with Gasteiger partial charge in [-0.05, 0) is 64.4 Å². The Kier molecular flexibility index (Phi) is 6.34. The molecular formula is C28H21NO3S2. The van der Waals surface area contributed by atoms with Crippen LogP contribution < -0.4 is 14.4 Å². The van der Waals surface area contributed by atoms with E-state index in [1.165, 1.54) is 22.5 Å². The summed E-state index contributed by atoms with van der Waals surface area (Å²) in [4.78, 5) is 15.2. The summed E-state index contributed by atoms with van der Waals surface area (Å²) in [6, 6.07) is 29.5. The Morgan fingerprint density at radius 2 is 1.68 bits per heavy atom. The Morgan fingerprint density at radius 1 is 0.912 bits per heavy atom. The number of ether oxygens (including phenoxy) is 2. The Balaban J connectivity index is 1.33. The number of hydrogen-bond acceptors (Lipinski definition) is 5. The van der Waals surface area contributed by atoms with Crippen molar-refractivity contribution in [2.24, 2.45) is 0 Å². The number of rotatable bonds is 6.